The van der Waals surface area contributed by atoms with Crippen molar-refractivity contribution in [3.05, 3.63) is 62.7 Å². The third kappa shape index (κ3) is 6.71. The Balaban J connectivity index is 1.05. The number of thioether (sulfide) groups is 2. The Morgan fingerprint density at radius 3 is 2.61 bits per heavy atom. The van der Waals surface area contributed by atoms with E-state index in [-0.39, 0.29) is 72.2 Å². The highest BCUT2D eigenvalue weighted by atomic mass is 32.2. The van der Waals surface area contributed by atoms with Crippen LogP contribution in [0.3, 0.4) is 0 Å². The lowest BCUT2D eigenvalue weighted by Gasteiger charge is -2.62. The largest absolute Gasteiger partial charge is 0.504 e. The quantitative estimate of drug-likeness (QED) is 0.0897. The number of carbonyl (C=O) groups excluding carboxylic acids is 3. The fourth-order valence-corrected chi connectivity index (χ4v) is 15.7. The van der Waals surface area contributed by atoms with E-state index in [1.165, 1.54) is 18.9 Å². The Labute approximate surface area is 396 Å². The van der Waals surface area contributed by atoms with Crippen LogP contribution in [0.15, 0.2) is 18.2 Å². The van der Waals surface area contributed by atoms with Gasteiger partial charge in [0, 0.05) is 64.1 Å². The second-order valence-corrected chi connectivity index (χ2v) is 21.2. The van der Waals surface area contributed by atoms with E-state index in [2.05, 4.69) is 31.8 Å². The molecule has 3 unspecified atom stereocenters. The Morgan fingerprint density at radius 2 is 1.82 bits per heavy atom. The molecule has 10 atom stereocenters. The van der Waals surface area contributed by atoms with E-state index in [9.17, 15) is 25.1 Å². The summed E-state index contributed by atoms with van der Waals surface area (Å²) in [4.78, 5) is 45.6. The summed E-state index contributed by atoms with van der Waals surface area (Å²) in [5.74, 6) is 1.85. The Kier molecular flexibility index (Phi) is 11.1. The molecule has 0 aromatic heterocycles. The number of aromatic hydroxyl groups is 2. The molecule has 0 aliphatic carbocycles. The summed E-state index contributed by atoms with van der Waals surface area (Å²) in [6, 6.07) is 5.22. The van der Waals surface area contributed by atoms with Gasteiger partial charge in [-0.15, -0.1) is 11.8 Å². The molecule has 67 heavy (non-hydrogen) atoms. The number of piperazine rings is 1. The van der Waals surface area contributed by atoms with Crippen molar-refractivity contribution >= 4 is 41.5 Å². The average molecular weight is 955 g/mol. The number of fused-ring (bicyclic) bond motifs is 10. The van der Waals surface area contributed by atoms with Gasteiger partial charge in [0.25, 0.3) is 0 Å². The van der Waals surface area contributed by atoms with Crippen LogP contribution in [0, 0.1) is 25.2 Å². The van der Waals surface area contributed by atoms with E-state index in [1.807, 2.05) is 38.7 Å². The molecule has 12 rings (SSSR count). The number of rotatable bonds is 8. The van der Waals surface area contributed by atoms with Crippen LogP contribution < -0.4 is 39.6 Å². The Hall–Kier alpha value is -5.26. The third-order valence-corrected chi connectivity index (χ3v) is 18.4. The number of nitrogens with zero attached hydrogens (tertiary/aromatic N) is 3. The first-order chi connectivity index (χ1) is 32.4. The van der Waals surface area contributed by atoms with Crippen LogP contribution in [0.25, 0.3) is 0 Å². The van der Waals surface area contributed by atoms with Crippen molar-refractivity contribution in [2.24, 2.45) is 0 Å². The fourth-order valence-electron chi connectivity index (χ4n) is 12.5. The molecule has 2 amide bonds. The summed E-state index contributed by atoms with van der Waals surface area (Å²) in [6.07, 6.45) is 3.35. The van der Waals surface area contributed by atoms with Crippen molar-refractivity contribution < 1.29 is 53.0 Å². The second-order valence-electron chi connectivity index (χ2n) is 18.8. The number of hydrogen-bond donors (Lipinski definition) is 5. The number of hydrogen-bond acceptors (Lipinski definition) is 17. The molecule has 4 fully saturated rings. The fraction of sp³-hybridized carbons (Fsp3) is 0.542. The average Bonchev–Trinajstić information content (AvgIpc) is 4.04. The van der Waals surface area contributed by atoms with Crippen LogP contribution in [0.4, 0.5) is 4.79 Å². The normalized spacial score (nSPS) is 31.0. The Morgan fingerprint density at radius 1 is 1.00 bits per heavy atom. The lowest BCUT2D eigenvalue weighted by molar-refractivity contribution is -0.157. The molecule has 4 saturated heterocycles. The maximum Gasteiger partial charge on any atom is 0.331 e. The monoisotopic (exact) mass is 954 g/mol. The van der Waals surface area contributed by atoms with Crippen molar-refractivity contribution in [3.63, 3.8) is 0 Å². The van der Waals surface area contributed by atoms with Gasteiger partial charge in [-0.3, -0.25) is 19.9 Å². The second kappa shape index (κ2) is 16.8. The maximum atomic E-state index is 15.0. The molecule has 0 radical (unpaired) electrons. The number of amides is 2. The van der Waals surface area contributed by atoms with Gasteiger partial charge in [0.2, 0.25) is 6.79 Å². The number of methoxy groups -OCH3 is 2. The highest BCUT2D eigenvalue weighted by molar-refractivity contribution is 8.00. The highest BCUT2D eigenvalue weighted by Crippen LogP contribution is 2.65. The molecule has 17 nitrogen and oxygen atoms in total. The summed E-state index contributed by atoms with van der Waals surface area (Å²) in [7, 11) is 5.00. The standard InChI is InChI=1S/C48H54N6O11S2/c1-21-12-24-13-27-28(16-49)54-29-17-62-46(58)48(25-15-31(60-4)30(55)14-23(25)10-11-50-48)19-67-45(39(54)38(53(27)3)34(24)40(57)41(21)61-5)36-35(29)44-43(63-20-64-44)22(2)42(36)65-33(56)9-7-6-8-32-37-26(18-66-32)51-47(59)52-37/h12,14-15,26-29,32,37-39,45,50,55,57H,6-11,13,17-20H2,1-5H3,(H2,51,52,59)/t26?,27-,28+,29-,32+,37?,38-,39?,45-,48-/m1/s1. The first-order valence-corrected chi connectivity index (χ1v) is 25.1. The molecule has 3 aromatic carbocycles. The van der Waals surface area contributed by atoms with Crippen molar-refractivity contribution in [2.45, 2.75) is 111 Å². The summed E-state index contributed by atoms with van der Waals surface area (Å²) >= 11 is 3.32. The smallest absolute Gasteiger partial charge is 0.331 e. The minimum absolute atomic E-state index is 0.0322. The zero-order chi connectivity index (χ0) is 46.6. The number of esters is 2. The predicted octanol–water partition coefficient (Wildman–Crippen LogP) is 4.69. The van der Waals surface area contributed by atoms with Gasteiger partial charge in [0.15, 0.2) is 40.0 Å². The molecule has 4 bridgehead atoms. The van der Waals surface area contributed by atoms with Gasteiger partial charge in [-0.25, -0.2) is 9.59 Å². The van der Waals surface area contributed by atoms with E-state index >= 15 is 4.79 Å². The van der Waals surface area contributed by atoms with Gasteiger partial charge < -0.3 is 49.3 Å². The number of nitrogens with one attached hydrogen (secondary N) is 3. The minimum atomic E-state index is -1.40. The molecule has 3 aromatic rings. The number of nitriles is 1. The zero-order valence-electron chi connectivity index (χ0n) is 37.9. The molecular weight excluding hydrogens is 901 g/mol. The number of phenols is 2. The highest BCUT2D eigenvalue weighted by Gasteiger charge is 2.62. The van der Waals surface area contributed by atoms with Crippen molar-refractivity contribution in [1.29, 1.82) is 5.26 Å². The summed E-state index contributed by atoms with van der Waals surface area (Å²) in [5, 5.41) is 43.7. The van der Waals surface area contributed by atoms with Gasteiger partial charge in [-0.2, -0.15) is 17.0 Å². The first-order valence-electron chi connectivity index (χ1n) is 23.0. The van der Waals surface area contributed by atoms with E-state index in [0.717, 1.165) is 35.3 Å². The number of likely N-dealkylation sites (N-methyl/N-ethyl adjacent to an activating group) is 1. The summed E-state index contributed by atoms with van der Waals surface area (Å²) in [6.45, 7) is 3.90. The van der Waals surface area contributed by atoms with Crippen LogP contribution in [-0.4, -0.2) is 126 Å². The molecule has 9 heterocycles. The van der Waals surface area contributed by atoms with E-state index in [1.54, 1.807) is 19.2 Å². The lowest BCUT2D eigenvalue weighted by atomic mass is 9.71. The zero-order valence-corrected chi connectivity index (χ0v) is 39.6. The molecule has 354 valence electrons. The van der Waals surface area contributed by atoms with Crippen molar-refractivity contribution in [1.82, 2.24) is 25.8 Å². The van der Waals surface area contributed by atoms with E-state index in [0.29, 0.717) is 76.6 Å². The van der Waals surface area contributed by atoms with Gasteiger partial charge in [0.1, 0.15) is 18.4 Å². The minimum Gasteiger partial charge on any atom is -0.504 e. The molecule has 19 heteroatoms. The van der Waals surface area contributed by atoms with Gasteiger partial charge >= 0.3 is 18.0 Å². The topological polar surface area (TPSA) is 213 Å². The van der Waals surface area contributed by atoms with Crippen molar-refractivity contribution in [2.75, 3.05) is 52.7 Å². The molecule has 5 N–H and O–H groups in total. The number of carbonyl (C=O) groups is 3. The number of urea groups is 1. The first kappa shape index (κ1) is 44.3. The molecule has 1 spiro atoms. The van der Waals surface area contributed by atoms with E-state index in [4.69, 9.17) is 28.4 Å². The van der Waals surface area contributed by atoms with E-state index < -0.39 is 46.9 Å². The number of aryl methyl sites for hydroxylation is 1. The molecular formula is C48H54N6O11S2. The van der Waals surface area contributed by atoms with Gasteiger partial charge in [0.05, 0.1) is 49.7 Å². The van der Waals surface area contributed by atoms with Crippen molar-refractivity contribution in [3.8, 4) is 46.3 Å². The molecule has 9 aliphatic rings. The van der Waals surface area contributed by atoms with Crippen LogP contribution in [-0.2, 0) is 32.7 Å². The van der Waals surface area contributed by atoms with Gasteiger partial charge in [-0.05, 0) is 81.0 Å². The number of benzene rings is 3. The number of ether oxygens (including phenoxy) is 6. The number of unbranched alkanes of at least 4 members (excludes halogenated alkanes) is 1. The third-order valence-electron chi connectivity index (χ3n) is 15.5. The predicted molar refractivity (Wildman–Crippen MR) is 246 cm³/mol. The number of phenolic OH excluding ortho intramolecular Hbond substituents is 2. The maximum absolute atomic E-state index is 15.0. The summed E-state index contributed by atoms with van der Waals surface area (Å²) in [5.41, 5.74) is 4.31. The summed E-state index contributed by atoms with van der Waals surface area (Å²) < 4.78 is 37.1. The lowest BCUT2D eigenvalue weighted by Crippen LogP contribution is -2.69. The van der Waals surface area contributed by atoms with Crippen LogP contribution in [0.1, 0.15) is 87.5 Å². The molecule has 9 aliphatic heterocycles. The van der Waals surface area contributed by atoms with Crippen LogP contribution in [0.2, 0.25) is 0 Å². The molecule has 0 saturated carbocycles. The van der Waals surface area contributed by atoms with Gasteiger partial charge in [-0.1, -0.05) is 12.5 Å². The van der Waals surface area contributed by atoms with Crippen LogP contribution in [0.5, 0.6) is 40.2 Å². The Bertz CT molecular complexity index is 2650. The SMILES string of the molecule is COc1cc2c(cc1O)CCN[C@]21CS[C@@H]2c3c(OC(=O)CCCC[C@@H]4SCC5NC(=O)NC54)c(C)c4c(c3[C@@H](COC1=O)N1C2[C@H]2c3c(cc(C)c(OC)c3O)C[C@H]([C@@H]1C#N)N2C)OCO4. The van der Waals surface area contributed by atoms with Crippen LogP contribution >= 0.6 is 23.5 Å².